The van der Waals surface area contributed by atoms with Crippen LogP contribution in [0.5, 0.6) is 11.5 Å². The Kier molecular flexibility index (Phi) is 3.55. The molecule has 1 spiro atoms. The molecule has 2 atom stereocenters. The lowest BCUT2D eigenvalue weighted by molar-refractivity contribution is -0.140. The molecule has 2 unspecified atom stereocenters. The molecule has 154 valence electrons. The molecule has 0 saturated carbocycles. The van der Waals surface area contributed by atoms with E-state index in [9.17, 15) is 9.59 Å². The lowest BCUT2D eigenvalue weighted by atomic mass is 9.43. The van der Waals surface area contributed by atoms with Gasteiger partial charge in [0, 0.05) is 28.4 Å². The summed E-state index contributed by atoms with van der Waals surface area (Å²) < 4.78 is 11.4. The van der Waals surface area contributed by atoms with E-state index in [1.807, 2.05) is 24.3 Å². The third-order valence-electron chi connectivity index (χ3n) is 6.83. The fraction of sp³-hybridized carbons (Fsp3) is 0.200. The van der Waals surface area contributed by atoms with Crippen LogP contribution >= 0.6 is 0 Å². The highest BCUT2D eigenvalue weighted by molar-refractivity contribution is 5.82. The van der Waals surface area contributed by atoms with Gasteiger partial charge in [-0.05, 0) is 34.4 Å². The van der Waals surface area contributed by atoms with E-state index in [2.05, 4.69) is 24.3 Å². The van der Waals surface area contributed by atoms with E-state index in [0.29, 0.717) is 11.5 Å². The Morgan fingerprint density at radius 2 is 1.13 bits per heavy atom. The zero-order valence-electron chi connectivity index (χ0n) is 16.4. The van der Waals surface area contributed by atoms with Crippen LogP contribution < -0.4 is 9.47 Å². The number of aliphatic carboxylic acids is 2. The van der Waals surface area contributed by atoms with Crippen molar-refractivity contribution in [2.24, 2.45) is 0 Å². The normalized spacial score (nSPS) is 23.1. The molecule has 31 heavy (non-hydrogen) atoms. The summed E-state index contributed by atoms with van der Waals surface area (Å²) in [5, 5.41) is 18.3. The predicted molar refractivity (Wildman–Crippen MR) is 110 cm³/mol. The number of benzene rings is 3. The second-order valence-electron chi connectivity index (χ2n) is 8.16. The number of hydrogen-bond acceptors (Lipinski definition) is 4. The van der Waals surface area contributed by atoms with Gasteiger partial charge in [0.1, 0.15) is 11.5 Å². The summed E-state index contributed by atoms with van der Waals surface area (Å²) in [6.45, 7) is -0.887. The first kappa shape index (κ1) is 18.0. The summed E-state index contributed by atoms with van der Waals surface area (Å²) in [7, 11) is 0. The van der Waals surface area contributed by atoms with Crippen molar-refractivity contribution >= 4 is 11.9 Å². The molecule has 0 saturated heterocycles. The molecule has 0 heterocycles. The van der Waals surface area contributed by atoms with Crippen LogP contribution in [0.2, 0.25) is 0 Å². The summed E-state index contributed by atoms with van der Waals surface area (Å²) in [6, 6.07) is 20.0. The third kappa shape index (κ3) is 2.11. The molecular weight excluding hydrogens is 396 g/mol. The lowest BCUT2D eigenvalue weighted by Crippen LogP contribution is -2.52. The highest BCUT2D eigenvalue weighted by Gasteiger charge is 2.70. The number of ether oxygens (including phenoxy) is 2. The fourth-order valence-corrected chi connectivity index (χ4v) is 6.01. The molecule has 0 radical (unpaired) electrons. The van der Waals surface area contributed by atoms with Crippen LogP contribution in [0.3, 0.4) is 0 Å². The van der Waals surface area contributed by atoms with E-state index in [-0.39, 0.29) is 17.3 Å². The smallest absolute Gasteiger partial charge is 0.341 e. The van der Waals surface area contributed by atoms with E-state index >= 15 is 0 Å². The standard InChI is InChI=1S/C25H18O6/c26-19(27)11-30-17-9-10-18(31-12-20(28)29)22-21(17)23-13-5-1-3-7-15(13)25(23)16-8-4-2-6-14(16)24(22)25/h1-10,23-24H,11-12H2,(H,26,27)(H,28,29). The Bertz CT molecular complexity index is 1180. The van der Waals surface area contributed by atoms with Crippen molar-refractivity contribution in [3.05, 3.63) is 94.0 Å². The Morgan fingerprint density at radius 1 is 0.710 bits per heavy atom. The molecule has 0 aromatic heterocycles. The molecule has 3 aromatic carbocycles. The predicted octanol–water partition coefficient (Wildman–Crippen LogP) is 3.50. The van der Waals surface area contributed by atoms with Gasteiger partial charge < -0.3 is 19.7 Å². The highest BCUT2D eigenvalue weighted by atomic mass is 16.5. The van der Waals surface area contributed by atoms with Gasteiger partial charge in [-0.1, -0.05) is 48.5 Å². The molecule has 0 bridgehead atoms. The second kappa shape index (κ2) is 6.11. The quantitative estimate of drug-likeness (QED) is 0.641. The van der Waals surface area contributed by atoms with E-state index in [4.69, 9.17) is 19.7 Å². The van der Waals surface area contributed by atoms with Gasteiger partial charge in [-0.25, -0.2) is 9.59 Å². The van der Waals surface area contributed by atoms with Crippen molar-refractivity contribution in [1.82, 2.24) is 0 Å². The van der Waals surface area contributed by atoms with Crippen molar-refractivity contribution < 1.29 is 29.3 Å². The van der Waals surface area contributed by atoms with Crippen LogP contribution in [0, 0.1) is 0 Å². The van der Waals surface area contributed by atoms with Crippen molar-refractivity contribution in [2.75, 3.05) is 13.2 Å². The van der Waals surface area contributed by atoms with Gasteiger partial charge >= 0.3 is 11.9 Å². The van der Waals surface area contributed by atoms with Gasteiger partial charge in [-0.3, -0.25) is 0 Å². The number of fused-ring (bicyclic) bond motifs is 7. The Balaban J connectivity index is 1.60. The average molecular weight is 414 g/mol. The fourth-order valence-electron chi connectivity index (χ4n) is 6.01. The van der Waals surface area contributed by atoms with E-state index in [1.165, 1.54) is 22.3 Å². The van der Waals surface area contributed by atoms with Crippen LogP contribution in [0.25, 0.3) is 0 Å². The van der Waals surface area contributed by atoms with Crippen LogP contribution in [0.15, 0.2) is 60.7 Å². The molecule has 0 aliphatic heterocycles. The van der Waals surface area contributed by atoms with Gasteiger partial charge in [0.05, 0.1) is 0 Å². The van der Waals surface area contributed by atoms with Gasteiger partial charge in [0.15, 0.2) is 13.2 Å². The molecular formula is C25H18O6. The molecule has 6 nitrogen and oxygen atoms in total. The van der Waals surface area contributed by atoms with Crippen molar-refractivity contribution in [1.29, 1.82) is 0 Å². The van der Waals surface area contributed by atoms with Gasteiger partial charge in [0.25, 0.3) is 0 Å². The molecule has 0 fully saturated rings. The number of carbonyl (C=O) groups is 2. The topological polar surface area (TPSA) is 93.1 Å². The Labute approximate surface area is 177 Å². The first-order valence-corrected chi connectivity index (χ1v) is 10.1. The average Bonchev–Trinajstić information content (AvgIpc) is 2.97. The highest BCUT2D eigenvalue weighted by Crippen LogP contribution is 2.79. The molecule has 0 amide bonds. The number of carboxylic acid groups (broad SMARTS) is 2. The summed E-state index contributed by atoms with van der Waals surface area (Å²) in [6.07, 6.45) is 0. The monoisotopic (exact) mass is 414 g/mol. The molecule has 2 N–H and O–H groups in total. The molecule has 6 rings (SSSR count). The number of hydrogen-bond donors (Lipinski definition) is 2. The van der Waals surface area contributed by atoms with E-state index in [0.717, 1.165) is 11.1 Å². The summed E-state index contributed by atoms with van der Waals surface area (Å²) in [5.74, 6) is -1.05. The van der Waals surface area contributed by atoms with Gasteiger partial charge in [0.2, 0.25) is 0 Å². The lowest BCUT2D eigenvalue weighted by Gasteiger charge is -2.58. The van der Waals surface area contributed by atoms with Crippen LogP contribution in [-0.4, -0.2) is 35.4 Å². The van der Waals surface area contributed by atoms with Crippen LogP contribution in [0.1, 0.15) is 45.2 Å². The minimum atomic E-state index is -1.05. The van der Waals surface area contributed by atoms with E-state index < -0.39 is 25.2 Å². The SMILES string of the molecule is O=C(O)COc1ccc(OCC(=O)O)c2c1C1c3ccccc3C13c1ccccc1C23. The zero-order valence-corrected chi connectivity index (χ0v) is 16.4. The largest absolute Gasteiger partial charge is 0.482 e. The Hall–Kier alpha value is -3.80. The minimum absolute atomic E-state index is 0.00997. The van der Waals surface area contributed by atoms with Crippen molar-refractivity contribution in [3.8, 4) is 11.5 Å². The van der Waals surface area contributed by atoms with Crippen LogP contribution in [0.4, 0.5) is 0 Å². The maximum absolute atomic E-state index is 11.2. The van der Waals surface area contributed by atoms with Crippen molar-refractivity contribution in [3.63, 3.8) is 0 Å². The second-order valence-corrected chi connectivity index (χ2v) is 8.16. The van der Waals surface area contributed by atoms with Gasteiger partial charge in [-0.15, -0.1) is 0 Å². The minimum Gasteiger partial charge on any atom is -0.482 e. The van der Waals surface area contributed by atoms with Crippen LogP contribution in [-0.2, 0) is 15.0 Å². The van der Waals surface area contributed by atoms with E-state index in [1.54, 1.807) is 12.1 Å². The van der Waals surface area contributed by atoms with Gasteiger partial charge in [-0.2, -0.15) is 0 Å². The molecule has 6 heteroatoms. The summed E-state index contributed by atoms with van der Waals surface area (Å²) in [5.41, 5.74) is 6.46. The molecule has 3 aliphatic carbocycles. The molecule has 3 aliphatic rings. The first-order valence-electron chi connectivity index (χ1n) is 10.1. The number of carboxylic acids is 2. The maximum atomic E-state index is 11.2. The molecule has 3 aromatic rings. The summed E-state index contributed by atoms with van der Waals surface area (Å²) >= 11 is 0. The van der Waals surface area contributed by atoms with Crippen molar-refractivity contribution in [2.45, 2.75) is 17.3 Å². The first-order chi connectivity index (χ1) is 15.0. The zero-order chi connectivity index (χ0) is 21.3. The third-order valence-corrected chi connectivity index (χ3v) is 6.83. The maximum Gasteiger partial charge on any atom is 0.341 e. The Morgan fingerprint density at radius 3 is 1.55 bits per heavy atom. The number of rotatable bonds is 6. The summed E-state index contributed by atoms with van der Waals surface area (Å²) in [4.78, 5) is 22.4.